The van der Waals surface area contributed by atoms with E-state index in [0.717, 1.165) is 5.56 Å². The molecule has 0 N–H and O–H groups in total. The highest BCUT2D eigenvalue weighted by atomic mass is 35.5. The molecule has 0 saturated heterocycles. The van der Waals surface area contributed by atoms with Crippen molar-refractivity contribution in [3.8, 4) is 0 Å². The fourth-order valence-electron chi connectivity index (χ4n) is 1.03. The molecule has 0 aliphatic heterocycles. The van der Waals surface area contributed by atoms with Crippen molar-refractivity contribution in [2.75, 3.05) is 0 Å². The number of non-ortho nitro benzene ring substituents is 1. The Bertz CT molecular complexity index is 336. The van der Waals surface area contributed by atoms with E-state index in [-0.39, 0.29) is 5.69 Å². The van der Waals surface area contributed by atoms with Crippen molar-refractivity contribution in [1.82, 2.24) is 0 Å². The summed E-state index contributed by atoms with van der Waals surface area (Å²) in [5, 5.41) is 9.74. The third-order valence-corrected chi connectivity index (χ3v) is 1.98. The van der Waals surface area contributed by atoms with E-state index in [9.17, 15) is 14.9 Å². The summed E-state index contributed by atoms with van der Waals surface area (Å²) >= 11 is 5.60. The van der Waals surface area contributed by atoms with Gasteiger partial charge in [0, 0.05) is 12.1 Å². The lowest BCUT2D eigenvalue weighted by atomic mass is 10.1. The van der Waals surface area contributed by atoms with Crippen LogP contribution in [0.15, 0.2) is 24.3 Å². The maximum atomic E-state index is 10.3. The molecule has 0 bridgehead atoms. The Kier molecular flexibility index (Phi) is 3.59. The van der Waals surface area contributed by atoms with Crippen LogP contribution in [0.4, 0.5) is 5.69 Å². The highest BCUT2D eigenvalue weighted by molar-refractivity contribution is 6.27. The van der Waals surface area contributed by atoms with E-state index >= 15 is 0 Å². The van der Waals surface area contributed by atoms with Crippen LogP contribution in [0, 0.1) is 10.1 Å². The number of hydrogen-bond acceptors (Lipinski definition) is 3. The minimum atomic E-state index is -0.573. The zero-order chi connectivity index (χ0) is 10.6. The SMILES string of the molecule is O=C[C@@H](Cl)Cc1ccc([N+](=O)[O-])cc1. The molecule has 0 spiro atoms. The van der Waals surface area contributed by atoms with Crippen LogP contribution >= 0.6 is 11.6 Å². The molecule has 0 fully saturated rings. The molecule has 5 heteroatoms. The summed E-state index contributed by atoms with van der Waals surface area (Å²) in [5.74, 6) is 0. The molecule has 1 atom stereocenters. The second-order valence-corrected chi connectivity index (χ2v) is 3.34. The molecule has 0 radical (unpaired) electrons. The first kappa shape index (κ1) is 10.7. The summed E-state index contributed by atoms with van der Waals surface area (Å²) in [6.07, 6.45) is 1.03. The second kappa shape index (κ2) is 4.72. The summed E-state index contributed by atoms with van der Waals surface area (Å²) in [5.41, 5.74) is 0.841. The Morgan fingerprint density at radius 1 is 1.43 bits per heavy atom. The third-order valence-electron chi connectivity index (χ3n) is 1.73. The fourth-order valence-corrected chi connectivity index (χ4v) is 1.21. The normalized spacial score (nSPS) is 12.1. The molecular formula is C9H8ClNO3. The highest BCUT2D eigenvalue weighted by Crippen LogP contribution is 2.13. The van der Waals surface area contributed by atoms with Gasteiger partial charge in [-0.25, -0.2) is 0 Å². The number of hydrogen-bond donors (Lipinski definition) is 0. The van der Waals surface area contributed by atoms with Gasteiger partial charge < -0.3 is 4.79 Å². The van der Waals surface area contributed by atoms with Gasteiger partial charge in [-0.2, -0.15) is 0 Å². The van der Waals surface area contributed by atoms with E-state index < -0.39 is 10.3 Å². The number of carbonyl (C=O) groups excluding carboxylic acids is 1. The highest BCUT2D eigenvalue weighted by Gasteiger charge is 2.07. The van der Waals surface area contributed by atoms with Gasteiger partial charge in [-0.3, -0.25) is 10.1 Å². The van der Waals surface area contributed by atoms with Crippen molar-refractivity contribution in [3.63, 3.8) is 0 Å². The molecule has 1 rings (SSSR count). The molecule has 1 aromatic rings. The molecule has 0 saturated carbocycles. The predicted molar refractivity (Wildman–Crippen MR) is 52.5 cm³/mol. The molecule has 14 heavy (non-hydrogen) atoms. The van der Waals surface area contributed by atoms with Gasteiger partial charge >= 0.3 is 0 Å². The average molecular weight is 214 g/mol. The lowest BCUT2D eigenvalue weighted by Crippen LogP contribution is -2.04. The minimum Gasteiger partial charge on any atom is -0.302 e. The first-order valence-electron chi connectivity index (χ1n) is 3.96. The molecule has 0 aliphatic carbocycles. The number of benzene rings is 1. The first-order valence-corrected chi connectivity index (χ1v) is 4.40. The number of nitrogens with zero attached hydrogens (tertiary/aromatic N) is 1. The molecule has 4 nitrogen and oxygen atoms in total. The van der Waals surface area contributed by atoms with E-state index in [2.05, 4.69) is 0 Å². The van der Waals surface area contributed by atoms with E-state index in [0.29, 0.717) is 12.7 Å². The number of aldehydes is 1. The van der Waals surface area contributed by atoms with Crippen molar-refractivity contribution in [2.24, 2.45) is 0 Å². The van der Waals surface area contributed by atoms with Crippen LogP contribution in [-0.2, 0) is 11.2 Å². The molecule has 0 aromatic heterocycles. The Hall–Kier alpha value is -1.42. The second-order valence-electron chi connectivity index (χ2n) is 2.78. The van der Waals surface area contributed by atoms with Crippen molar-refractivity contribution in [3.05, 3.63) is 39.9 Å². The fraction of sp³-hybridized carbons (Fsp3) is 0.222. The van der Waals surface area contributed by atoms with Gasteiger partial charge in [0.05, 0.1) is 10.3 Å². The number of nitro groups is 1. The Balaban J connectivity index is 2.73. The Morgan fingerprint density at radius 3 is 2.43 bits per heavy atom. The van der Waals surface area contributed by atoms with Crippen LogP contribution in [0.25, 0.3) is 0 Å². The van der Waals surface area contributed by atoms with Crippen LogP contribution in [0.3, 0.4) is 0 Å². The summed E-state index contributed by atoms with van der Waals surface area (Å²) in [6.45, 7) is 0. The molecule has 74 valence electrons. The van der Waals surface area contributed by atoms with Crippen LogP contribution in [0.1, 0.15) is 5.56 Å². The predicted octanol–water partition coefficient (Wildman–Crippen LogP) is 1.94. The molecule has 0 aliphatic rings. The van der Waals surface area contributed by atoms with Gasteiger partial charge in [0.15, 0.2) is 0 Å². The largest absolute Gasteiger partial charge is 0.302 e. The number of carbonyl (C=O) groups is 1. The topological polar surface area (TPSA) is 60.2 Å². The van der Waals surface area contributed by atoms with Crippen LogP contribution in [0.2, 0.25) is 0 Å². The average Bonchev–Trinajstić information content (AvgIpc) is 2.18. The zero-order valence-electron chi connectivity index (χ0n) is 7.22. The van der Waals surface area contributed by atoms with Gasteiger partial charge in [-0.05, 0) is 12.0 Å². The van der Waals surface area contributed by atoms with Crippen molar-refractivity contribution in [1.29, 1.82) is 0 Å². The molecule has 0 amide bonds. The van der Waals surface area contributed by atoms with Crippen LogP contribution in [0.5, 0.6) is 0 Å². The lowest BCUT2D eigenvalue weighted by Gasteiger charge is -2.00. The van der Waals surface area contributed by atoms with E-state index in [1.807, 2.05) is 0 Å². The zero-order valence-corrected chi connectivity index (χ0v) is 7.98. The van der Waals surface area contributed by atoms with Gasteiger partial charge in [0.2, 0.25) is 0 Å². The van der Waals surface area contributed by atoms with Gasteiger partial charge in [0.1, 0.15) is 6.29 Å². The first-order chi connectivity index (χ1) is 6.63. The molecular weight excluding hydrogens is 206 g/mol. The van der Waals surface area contributed by atoms with Gasteiger partial charge in [-0.15, -0.1) is 11.6 Å². The molecule has 0 unspecified atom stereocenters. The number of alkyl halides is 1. The summed E-state index contributed by atoms with van der Waals surface area (Å²) in [7, 11) is 0. The standard InChI is InChI=1S/C9H8ClNO3/c10-8(6-12)5-7-1-3-9(4-2-7)11(13)14/h1-4,6,8H,5H2/t8-/m0/s1. The van der Waals surface area contributed by atoms with E-state index in [4.69, 9.17) is 11.6 Å². The molecule has 1 aromatic carbocycles. The van der Waals surface area contributed by atoms with Crippen LogP contribution in [-0.4, -0.2) is 16.6 Å². The maximum Gasteiger partial charge on any atom is 0.269 e. The minimum absolute atomic E-state index is 0.0333. The Labute approximate surface area is 85.6 Å². The van der Waals surface area contributed by atoms with Gasteiger partial charge in [-0.1, -0.05) is 12.1 Å². The lowest BCUT2D eigenvalue weighted by molar-refractivity contribution is -0.384. The van der Waals surface area contributed by atoms with Gasteiger partial charge in [0.25, 0.3) is 5.69 Å². The van der Waals surface area contributed by atoms with E-state index in [1.54, 1.807) is 12.1 Å². The molecule has 0 heterocycles. The monoisotopic (exact) mass is 213 g/mol. The Morgan fingerprint density at radius 2 is 2.00 bits per heavy atom. The van der Waals surface area contributed by atoms with Crippen LogP contribution < -0.4 is 0 Å². The number of rotatable bonds is 4. The summed E-state index contributed by atoms with van der Waals surface area (Å²) < 4.78 is 0. The summed E-state index contributed by atoms with van der Waals surface area (Å²) in [4.78, 5) is 20.1. The quantitative estimate of drug-likeness (QED) is 0.332. The number of nitro benzene ring substituents is 1. The van der Waals surface area contributed by atoms with Crippen molar-refractivity contribution >= 4 is 23.6 Å². The van der Waals surface area contributed by atoms with Crippen molar-refractivity contribution < 1.29 is 9.72 Å². The maximum absolute atomic E-state index is 10.3. The smallest absolute Gasteiger partial charge is 0.269 e. The summed E-state index contributed by atoms with van der Waals surface area (Å²) in [6, 6.07) is 5.97. The number of halogens is 1. The van der Waals surface area contributed by atoms with E-state index in [1.165, 1.54) is 12.1 Å². The van der Waals surface area contributed by atoms with Crippen molar-refractivity contribution in [2.45, 2.75) is 11.8 Å². The third kappa shape index (κ3) is 2.81.